The lowest BCUT2D eigenvalue weighted by Crippen LogP contribution is -2.20. The number of aromatic nitrogens is 1. The Morgan fingerprint density at radius 3 is 3.10 bits per heavy atom. The Kier molecular flexibility index (Phi) is 3.83. The summed E-state index contributed by atoms with van der Waals surface area (Å²) in [5, 5.41) is 0.405. The van der Waals surface area contributed by atoms with Gasteiger partial charge in [0.1, 0.15) is 5.82 Å². The summed E-state index contributed by atoms with van der Waals surface area (Å²) < 4.78 is 19.5. The van der Waals surface area contributed by atoms with Crippen LogP contribution in [-0.4, -0.2) is 23.5 Å². The number of carbonyl (C=O) groups is 1. The van der Waals surface area contributed by atoms with Crippen LogP contribution in [0.25, 0.3) is 10.9 Å². The van der Waals surface area contributed by atoms with E-state index in [1.54, 1.807) is 18.3 Å². The number of carbonyl (C=O) groups excluding carboxylic acids is 1. The minimum absolute atomic E-state index is 0.0180. The van der Waals surface area contributed by atoms with Crippen LogP contribution in [0.15, 0.2) is 24.4 Å². The maximum atomic E-state index is 13.8. The van der Waals surface area contributed by atoms with Crippen molar-refractivity contribution in [3.8, 4) is 0 Å². The van der Waals surface area contributed by atoms with E-state index in [1.807, 2.05) is 0 Å². The maximum absolute atomic E-state index is 13.8. The molecule has 1 unspecified atom stereocenters. The van der Waals surface area contributed by atoms with Crippen LogP contribution in [0.5, 0.6) is 0 Å². The molecule has 0 saturated carbocycles. The largest absolute Gasteiger partial charge is 0.378 e. The fourth-order valence-electron chi connectivity index (χ4n) is 2.82. The highest BCUT2D eigenvalue weighted by Gasteiger charge is 2.19. The van der Waals surface area contributed by atoms with Gasteiger partial charge >= 0.3 is 0 Å². The molecule has 1 atom stereocenters. The molecule has 20 heavy (non-hydrogen) atoms. The van der Waals surface area contributed by atoms with Gasteiger partial charge in [-0.2, -0.15) is 0 Å². The van der Waals surface area contributed by atoms with E-state index in [9.17, 15) is 9.18 Å². The van der Waals surface area contributed by atoms with Gasteiger partial charge in [0, 0.05) is 35.7 Å². The molecular weight excluding hydrogens is 257 g/mol. The summed E-state index contributed by atoms with van der Waals surface area (Å²) in [5.41, 5.74) is 1.12. The first-order valence-electron chi connectivity index (χ1n) is 7.16. The van der Waals surface area contributed by atoms with Crippen LogP contribution in [0.3, 0.4) is 0 Å². The minimum Gasteiger partial charge on any atom is -0.378 e. The van der Waals surface area contributed by atoms with E-state index in [1.165, 1.54) is 12.5 Å². The Morgan fingerprint density at radius 1 is 1.40 bits per heavy atom. The summed E-state index contributed by atoms with van der Waals surface area (Å²) in [4.78, 5) is 15.2. The quantitative estimate of drug-likeness (QED) is 0.861. The van der Waals surface area contributed by atoms with Crippen molar-refractivity contribution in [2.45, 2.75) is 38.2 Å². The Bertz CT molecular complexity index is 614. The molecule has 1 aliphatic heterocycles. The highest BCUT2D eigenvalue weighted by molar-refractivity contribution is 6.08. The van der Waals surface area contributed by atoms with Gasteiger partial charge in [-0.25, -0.2) is 4.39 Å². The van der Waals surface area contributed by atoms with Crippen molar-refractivity contribution in [1.82, 2.24) is 4.98 Å². The summed E-state index contributed by atoms with van der Waals surface area (Å²) in [6.45, 7) is 0.792. The normalized spacial score (nSPS) is 19.4. The molecule has 1 N–H and O–H groups in total. The van der Waals surface area contributed by atoms with Gasteiger partial charge in [0.2, 0.25) is 0 Å². The zero-order valence-electron chi connectivity index (χ0n) is 11.3. The van der Waals surface area contributed by atoms with Crippen LogP contribution in [0, 0.1) is 5.82 Å². The highest BCUT2D eigenvalue weighted by atomic mass is 19.1. The number of H-pyrrole nitrogens is 1. The third kappa shape index (κ3) is 2.61. The molecule has 0 spiro atoms. The lowest BCUT2D eigenvalue weighted by Gasteiger charge is -2.22. The number of Topliss-reactive ketones (excluding diaryl/α,β-unsaturated/α-hetero) is 1. The van der Waals surface area contributed by atoms with Crippen LogP contribution in [0.4, 0.5) is 4.39 Å². The molecule has 3 rings (SSSR count). The van der Waals surface area contributed by atoms with Crippen LogP contribution in [-0.2, 0) is 4.74 Å². The molecule has 3 nitrogen and oxygen atoms in total. The van der Waals surface area contributed by atoms with E-state index in [2.05, 4.69) is 4.98 Å². The van der Waals surface area contributed by atoms with Gasteiger partial charge < -0.3 is 9.72 Å². The van der Waals surface area contributed by atoms with Crippen molar-refractivity contribution in [1.29, 1.82) is 0 Å². The van der Waals surface area contributed by atoms with E-state index in [4.69, 9.17) is 4.74 Å². The van der Waals surface area contributed by atoms with Crippen molar-refractivity contribution < 1.29 is 13.9 Å². The standard InChI is InChI=1S/C16H18FNO2/c17-13-5-3-6-14-16(13)12(10-18-14)15(19)8-7-11-4-1-2-9-20-11/h3,5-6,10-11,18H,1-2,4,7-9H2. The Hall–Kier alpha value is -1.68. The third-order valence-electron chi connectivity index (χ3n) is 3.92. The first-order valence-corrected chi connectivity index (χ1v) is 7.16. The number of hydrogen-bond donors (Lipinski definition) is 1. The minimum atomic E-state index is -0.346. The van der Waals surface area contributed by atoms with Crippen molar-refractivity contribution >= 4 is 16.7 Å². The first-order chi connectivity index (χ1) is 9.75. The molecule has 1 saturated heterocycles. The van der Waals surface area contributed by atoms with Gasteiger partial charge in [-0.05, 0) is 37.8 Å². The molecule has 0 aliphatic carbocycles. The summed E-state index contributed by atoms with van der Waals surface area (Å²) >= 11 is 0. The van der Waals surface area contributed by atoms with Gasteiger partial charge in [-0.15, -0.1) is 0 Å². The number of rotatable bonds is 4. The third-order valence-corrected chi connectivity index (χ3v) is 3.92. The first kappa shape index (κ1) is 13.3. The van der Waals surface area contributed by atoms with Crippen molar-refractivity contribution in [3.05, 3.63) is 35.8 Å². The van der Waals surface area contributed by atoms with Crippen LogP contribution in [0.1, 0.15) is 42.5 Å². The molecule has 1 aromatic heterocycles. The second-order valence-electron chi connectivity index (χ2n) is 5.32. The second-order valence-corrected chi connectivity index (χ2v) is 5.32. The molecular formula is C16H18FNO2. The summed E-state index contributed by atoms with van der Waals surface area (Å²) in [5.74, 6) is -0.364. The van der Waals surface area contributed by atoms with E-state index in [-0.39, 0.29) is 17.7 Å². The monoisotopic (exact) mass is 275 g/mol. The summed E-state index contributed by atoms with van der Waals surface area (Å²) in [6.07, 6.45) is 6.22. The van der Waals surface area contributed by atoms with Crippen LogP contribution < -0.4 is 0 Å². The average molecular weight is 275 g/mol. The highest BCUT2D eigenvalue weighted by Crippen LogP contribution is 2.24. The number of ether oxygens (including phenoxy) is 1. The SMILES string of the molecule is O=C(CCC1CCCCO1)c1c[nH]c2cccc(F)c12. The van der Waals surface area contributed by atoms with E-state index < -0.39 is 0 Å². The van der Waals surface area contributed by atoms with E-state index >= 15 is 0 Å². The molecule has 1 aliphatic rings. The molecule has 2 heterocycles. The van der Waals surface area contributed by atoms with Crippen molar-refractivity contribution in [3.63, 3.8) is 0 Å². The van der Waals surface area contributed by atoms with E-state index in [0.29, 0.717) is 22.9 Å². The predicted octanol–water partition coefficient (Wildman–Crippen LogP) is 3.84. The molecule has 2 aromatic rings. The number of hydrogen-bond acceptors (Lipinski definition) is 2. The predicted molar refractivity (Wildman–Crippen MR) is 75.4 cm³/mol. The molecule has 0 radical (unpaired) electrons. The number of halogens is 1. The number of ketones is 1. The van der Waals surface area contributed by atoms with Gasteiger partial charge in [0.25, 0.3) is 0 Å². The number of benzene rings is 1. The lowest BCUT2D eigenvalue weighted by atomic mass is 10.00. The maximum Gasteiger partial charge on any atom is 0.165 e. The zero-order valence-corrected chi connectivity index (χ0v) is 11.3. The fourth-order valence-corrected chi connectivity index (χ4v) is 2.82. The molecule has 106 valence electrons. The number of aromatic amines is 1. The van der Waals surface area contributed by atoms with Crippen molar-refractivity contribution in [2.24, 2.45) is 0 Å². The Labute approximate surface area is 117 Å². The van der Waals surface area contributed by atoms with Gasteiger partial charge in [0.15, 0.2) is 5.78 Å². The second kappa shape index (κ2) is 5.75. The Balaban J connectivity index is 1.72. The lowest BCUT2D eigenvalue weighted by molar-refractivity contribution is 0.0104. The van der Waals surface area contributed by atoms with Crippen LogP contribution >= 0.6 is 0 Å². The number of nitrogens with one attached hydrogen (secondary N) is 1. The van der Waals surface area contributed by atoms with E-state index in [0.717, 1.165) is 25.9 Å². The summed E-state index contributed by atoms with van der Waals surface area (Å²) in [6, 6.07) is 4.80. The summed E-state index contributed by atoms with van der Waals surface area (Å²) in [7, 11) is 0. The average Bonchev–Trinajstić information content (AvgIpc) is 2.91. The molecule has 4 heteroatoms. The van der Waals surface area contributed by atoms with Gasteiger partial charge in [-0.3, -0.25) is 4.79 Å². The molecule has 1 fully saturated rings. The Morgan fingerprint density at radius 2 is 2.30 bits per heavy atom. The molecule has 1 aromatic carbocycles. The van der Waals surface area contributed by atoms with Gasteiger partial charge in [0.05, 0.1) is 6.10 Å². The molecule has 0 amide bonds. The zero-order chi connectivity index (χ0) is 13.9. The van der Waals surface area contributed by atoms with Gasteiger partial charge in [-0.1, -0.05) is 6.07 Å². The topological polar surface area (TPSA) is 42.1 Å². The van der Waals surface area contributed by atoms with Crippen LogP contribution in [0.2, 0.25) is 0 Å². The molecule has 0 bridgehead atoms. The smallest absolute Gasteiger partial charge is 0.165 e. The number of fused-ring (bicyclic) bond motifs is 1. The fraction of sp³-hybridized carbons (Fsp3) is 0.438. The van der Waals surface area contributed by atoms with Crippen molar-refractivity contribution in [2.75, 3.05) is 6.61 Å².